The zero-order valence-electron chi connectivity index (χ0n) is 26.0. The van der Waals surface area contributed by atoms with Crippen LogP contribution in [-0.2, 0) is 0 Å². The third-order valence-corrected chi connectivity index (χ3v) is 10.8. The number of fused-ring (bicyclic) bond motifs is 6. The van der Waals surface area contributed by atoms with Crippen molar-refractivity contribution < 1.29 is 0 Å². The number of hydrogen-bond acceptors (Lipinski definition) is 2. The summed E-state index contributed by atoms with van der Waals surface area (Å²) in [5.41, 5.74) is 9.19. The molecule has 10 rings (SSSR count). The number of aromatic nitrogens is 2. The van der Waals surface area contributed by atoms with Crippen LogP contribution in [0.5, 0.6) is 0 Å². The predicted molar refractivity (Wildman–Crippen MR) is 205 cm³/mol. The summed E-state index contributed by atoms with van der Waals surface area (Å²) in [7, 11) is 0. The largest absolute Gasteiger partial charge is 0.292 e. The second kappa shape index (κ2) is 10.8. The Morgan fingerprint density at radius 3 is 1.77 bits per heavy atom. The lowest BCUT2D eigenvalue weighted by Crippen LogP contribution is -2.01. The fourth-order valence-corrected chi connectivity index (χ4v) is 8.63. The third kappa shape index (κ3) is 4.08. The molecule has 2 aromatic heterocycles. The fraction of sp³-hybridized carbons (Fsp3) is 0. The first-order valence-electron chi connectivity index (χ1n) is 16.3. The zero-order chi connectivity index (χ0) is 31.6. The summed E-state index contributed by atoms with van der Waals surface area (Å²) < 4.78 is 4.99. The van der Waals surface area contributed by atoms with Crippen LogP contribution in [0.25, 0.3) is 92.1 Å². The van der Waals surface area contributed by atoms with Gasteiger partial charge in [-0.25, -0.2) is 4.98 Å². The molecule has 224 valence electrons. The SMILES string of the molecule is c1ccc(-c2nc3ccccc3n2-c2ccccc2-c2c3ccccc3c(-c3ccc4sc5ccccc5c4c3)c3ccccc23)cc1. The lowest BCUT2D eigenvalue weighted by atomic mass is 9.85. The van der Waals surface area contributed by atoms with Gasteiger partial charge >= 0.3 is 0 Å². The molecule has 3 heteroatoms. The van der Waals surface area contributed by atoms with Crippen molar-refractivity contribution in [3.63, 3.8) is 0 Å². The van der Waals surface area contributed by atoms with Gasteiger partial charge in [0.05, 0.1) is 16.7 Å². The molecule has 0 atom stereocenters. The molecule has 2 nitrogen and oxygen atoms in total. The van der Waals surface area contributed by atoms with E-state index in [0.29, 0.717) is 0 Å². The van der Waals surface area contributed by atoms with Crippen molar-refractivity contribution >= 4 is 64.1 Å². The molecule has 0 saturated heterocycles. The van der Waals surface area contributed by atoms with Crippen LogP contribution in [0.4, 0.5) is 0 Å². The fourth-order valence-electron chi connectivity index (χ4n) is 7.54. The summed E-state index contributed by atoms with van der Waals surface area (Å²) in [6.45, 7) is 0. The highest BCUT2D eigenvalue weighted by molar-refractivity contribution is 7.25. The number of nitrogens with zero attached hydrogens (tertiary/aromatic N) is 2. The smallest absolute Gasteiger partial charge is 0.145 e. The van der Waals surface area contributed by atoms with Crippen molar-refractivity contribution in [2.75, 3.05) is 0 Å². The van der Waals surface area contributed by atoms with Gasteiger partial charge in [-0.3, -0.25) is 4.57 Å². The van der Waals surface area contributed by atoms with Gasteiger partial charge in [-0.15, -0.1) is 11.3 Å². The van der Waals surface area contributed by atoms with E-state index < -0.39 is 0 Å². The summed E-state index contributed by atoms with van der Waals surface area (Å²) in [6, 6.07) is 61.4. The van der Waals surface area contributed by atoms with Gasteiger partial charge in [-0.1, -0.05) is 133 Å². The lowest BCUT2D eigenvalue weighted by Gasteiger charge is -2.21. The molecule has 0 amide bonds. The number of imidazole rings is 1. The van der Waals surface area contributed by atoms with Crippen LogP contribution in [0.15, 0.2) is 170 Å². The van der Waals surface area contributed by atoms with Gasteiger partial charge in [0.25, 0.3) is 0 Å². The highest BCUT2D eigenvalue weighted by Gasteiger charge is 2.22. The minimum Gasteiger partial charge on any atom is -0.292 e. The third-order valence-electron chi connectivity index (χ3n) is 9.60. The summed E-state index contributed by atoms with van der Waals surface area (Å²) in [4.78, 5) is 5.18. The van der Waals surface area contributed by atoms with Crippen molar-refractivity contribution in [3.05, 3.63) is 170 Å². The normalized spacial score (nSPS) is 11.8. The minimum atomic E-state index is 0.936. The molecule has 0 aliphatic heterocycles. The van der Waals surface area contributed by atoms with E-state index in [1.165, 1.54) is 64.0 Å². The quantitative estimate of drug-likeness (QED) is 0.177. The molecular formula is C45H28N2S. The zero-order valence-corrected chi connectivity index (χ0v) is 26.8. The molecule has 0 aliphatic carbocycles. The van der Waals surface area contributed by atoms with E-state index in [1.807, 2.05) is 11.3 Å². The average molecular weight is 629 g/mol. The van der Waals surface area contributed by atoms with E-state index in [-0.39, 0.29) is 0 Å². The molecule has 0 bridgehead atoms. The molecule has 0 fully saturated rings. The summed E-state index contributed by atoms with van der Waals surface area (Å²) in [6.07, 6.45) is 0. The first kappa shape index (κ1) is 27.1. The van der Waals surface area contributed by atoms with Crippen molar-refractivity contribution in [2.24, 2.45) is 0 Å². The molecule has 8 aromatic carbocycles. The van der Waals surface area contributed by atoms with Gasteiger partial charge in [0.15, 0.2) is 0 Å². The van der Waals surface area contributed by atoms with Crippen LogP contribution >= 0.6 is 11.3 Å². The van der Waals surface area contributed by atoms with Gasteiger partial charge in [0, 0.05) is 31.3 Å². The topological polar surface area (TPSA) is 17.8 Å². The standard InChI is InChI=1S/C45H28N2S/c1-2-14-29(15-3-1)45-46-38-22-10-12-24-40(38)47(45)39-23-11-8-21-36(39)44-34-19-6-4-17-32(34)43(33-18-5-7-20-35(33)44)30-26-27-42-37(28-30)31-16-9-13-25-41(31)48-42/h1-28H. The Balaban J connectivity index is 1.29. The number of rotatable bonds is 4. The van der Waals surface area contributed by atoms with Gasteiger partial charge in [-0.2, -0.15) is 0 Å². The summed E-state index contributed by atoms with van der Waals surface area (Å²) in [5.74, 6) is 0.936. The Hall–Kier alpha value is -6.03. The maximum absolute atomic E-state index is 5.18. The highest BCUT2D eigenvalue weighted by atomic mass is 32.1. The van der Waals surface area contributed by atoms with E-state index in [1.54, 1.807) is 0 Å². The van der Waals surface area contributed by atoms with Crippen molar-refractivity contribution in [3.8, 4) is 39.3 Å². The van der Waals surface area contributed by atoms with E-state index in [9.17, 15) is 0 Å². The average Bonchev–Trinajstić information content (AvgIpc) is 3.73. The molecule has 0 unspecified atom stereocenters. The summed E-state index contributed by atoms with van der Waals surface area (Å²) >= 11 is 1.87. The Morgan fingerprint density at radius 2 is 1.00 bits per heavy atom. The molecule has 0 spiro atoms. The molecular weight excluding hydrogens is 601 g/mol. The van der Waals surface area contributed by atoms with Crippen LogP contribution in [0.1, 0.15) is 0 Å². The second-order valence-electron chi connectivity index (χ2n) is 12.3. The van der Waals surface area contributed by atoms with Crippen LogP contribution in [-0.4, -0.2) is 9.55 Å². The monoisotopic (exact) mass is 628 g/mol. The molecule has 2 heterocycles. The van der Waals surface area contributed by atoms with Crippen molar-refractivity contribution in [1.82, 2.24) is 9.55 Å². The van der Waals surface area contributed by atoms with Gasteiger partial charge in [0.2, 0.25) is 0 Å². The first-order chi connectivity index (χ1) is 23.8. The molecule has 10 aromatic rings. The maximum Gasteiger partial charge on any atom is 0.145 e. The lowest BCUT2D eigenvalue weighted by molar-refractivity contribution is 1.10. The van der Waals surface area contributed by atoms with Crippen molar-refractivity contribution in [1.29, 1.82) is 0 Å². The highest BCUT2D eigenvalue weighted by Crippen LogP contribution is 2.47. The first-order valence-corrected chi connectivity index (χ1v) is 17.1. The molecule has 0 radical (unpaired) electrons. The Morgan fingerprint density at radius 1 is 0.417 bits per heavy atom. The van der Waals surface area contributed by atoms with Gasteiger partial charge < -0.3 is 0 Å². The molecule has 0 saturated carbocycles. The Bertz CT molecular complexity index is 2780. The van der Waals surface area contributed by atoms with E-state index in [2.05, 4.69) is 174 Å². The van der Waals surface area contributed by atoms with Gasteiger partial charge in [-0.05, 0) is 74.6 Å². The number of para-hydroxylation sites is 3. The van der Waals surface area contributed by atoms with Crippen LogP contribution in [0, 0.1) is 0 Å². The van der Waals surface area contributed by atoms with E-state index in [0.717, 1.165) is 28.1 Å². The molecule has 0 aliphatic rings. The maximum atomic E-state index is 5.18. The van der Waals surface area contributed by atoms with Crippen molar-refractivity contribution in [2.45, 2.75) is 0 Å². The Kier molecular flexibility index (Phi) is 6.08. The molecule has 0 N–H and O–H groups in total. The van der Waals surface area contributed by atoms with E-state index in [4.69, 9.17) is 4.98 Å². The number of benzene rings is 8. The Labute approximate surface area is 281 Å². The number of thiophene rings is 1. The van der Waals surface area contributed by atoms with Crippen LogP contribution < -0.4 is 0 Å². The predicted octanol–water partition coefficient (Wildman–Crippen LogP) is 12.7. The van der Waals surface area contributed by atoms with Gasteiger partial charge in [0.1, 0.15) is 5.82 Å². The second-order valence-corrected chi connectivity index (χ2v) is 13.4. The summed E-state index contributed by atoms with van der Waals surface area (Å²) in [5, 5.41) is 7.60. The number of hydrogen-bond donors (Lipinski definition) is 0. The molecule has 48 heavy (non-hydrogen) atoms. The van der Waals surface area contributed by atoms with E-state index >= 15 is 0 Å². The van der Waals surface area contributed by atoms with Crippen LogP contribution in [0.3, 0.4) is 0 Å². The van der Waals surface area contributed by atoms with Crippen LogP contribution in [0.2, 0.25) is 0 Å². The minimum absolute atomic E-state index is 0.936.